The second-order valence-electron chi connectivity index (χ2n) is 7.28. The highest BCUT2D eigenvalue weighted by atomic mass is 32.1. The van der Waals surface area contributed by atoms with Gasteiger partial charge in [0.15, 0.2) is 12.6 Å². The number of phosphoric ester groups is 1. The van der Waals surface area contributed by atoms with Crippen LogP contribution in [0.1, 0.15) is 5.56 Å². The van der Waals surface area contributed by atoms with E-state index in [4.69, 9.17) is 26.7 Å². The third-order valence-electron chi connectivity index (χ3n) is 4.62. The van der Waals surface area contributed by atoms with Crippen molar-refractivity contribution in [1.29, 1.82) is 0 Å². The fourth-order valence-electron chi connectivity index (χ4n) is 3.04. The smallest absolute Gasteiger partial charge is 0.391 e. The molecular formula is C10H18B3FN2O12P2S. The fourth-order valence-corrected chi connectivity index (χ4v) is 5.28. The number of rotatable bonds is 7. The molecule has 5 atom stereocenters. The number of hydrogen-bond donors (Lipinski definition) is 7. The molecule has 7 N–H and O–H groups in total. The van der Waals surface area contributed by atoms with Crippen molar-refractivity contribution >= 4 is 51.4 Å². The number of aliphatic hydroxyl groups excluding tert-OH is 3. The van der Waals surface area contributed by atoms with Gasteiger partial charge >= 0.3 is 15.6 Å². The Morgan fingerprint density at radius 3 is 2.35 bits per heavy atom. The number of alkyl halides is 1. The molecule has 1 aromatic heterocycles. The van der Waals surface area contributed by atoms with Gasteiger partial charge in [-0.15, -0.1) is 0 Å². The van der Waals surface area contributed by atoms with Gasteiger partial charge in [0.05, 0.1) is 17.6 Å². The lowest BCUT2D eigenvalue weighted by molar-refractivity contribution is -0.239. The minimum Gasteiger partial charge on any atom is -0.391 e. The first-order valence-electron chi connectivity index (χ1n) is 8.31. The molecule has 2 rings (SSSR count). The van der Waals surface area contributed by atoms with Gasteiger partial charge in [0.2, 0.25) is 0 Å². The lowest BCUT2D eigenvalue weighted by Crippen LogP contribution is -2.60. The molecule has 1 aliphatic rings. The predicted octanol–water partition coefficient (Wildman–Crippen LogP) is -4.79. The van der Waals surface area contributed by atoms with E-state index in [1.165, 1.54) is 0 Å². The Labute approximate surface area is 181 Å². The summed E-state index contributed by atoms with van der Waals surface area (Å²) >= 11 is 4.97. The van der Waals surface area contributed by atoms with Gasteiger partial charge in [0.1, 0.15) is 33.5 Å². The summed E-state index contributed by atoms with van der Waals surface area (Å²) < 4.78 is 52.4. The summed E-state index contributed by atoms with van der Waals surface area (Å²) in [5.74, 6) is -3.48. The number of ether oxygens (including phenoxy) is 1. The van der Waals surface area contributed by atoms with Crippen molar-refractivity contribution in [1.82, 2.24) is 9.55 Å². The average molecular weight is 504 g/mol. The fraction of sp³-hybridized carbons (Fsp3) is 0.600. The van der Waals surface area contributed by atoms with E-state index < -0.39 is 61.7 Å². The predicted molar refractivity (Wildman–Crippen MR) is 109 cm³/mol. The topological polar surface area (TPSA) is 221 Å². The molecule has 0 saturated carbocycles. The zero-order valence-electron chi connectivity index (χ0n) is 16.2. The molecule has 1 unspecified atom stereocenters. The molecule has 2 heterocycles. The van der Waals surface area contributed by atoms with E-state index in [2.05, 4.69) is 13.8 Å². The van der Waals surface area contributed by atoms with E-state index in [1.54, 1.807) is 0 Å². The van der Waals surface area contributed by atoms with Gasteiger partial charge in [-0.3, -0.25) is 14.3 Å². The average Bonchev–Trinajstić information content (AvgIpc) is 2.74. The molecule has 0 bridgehead atoms. The van der Waals surface area contributed by atoms with Gasteiger partial charge in [-0.05, 0) is 12.2 Å². The van der Waals surface area contributed by atoms with Crippen LogP contribution in [0.5, 0.6) is 0 Å². The summed E-state index contributed by atoms with van der Waals surface area (Å²) in [6.07, 6.45) is -3.64. The van der Waals surface area contributed by atoms with Crippen LogP contribution in [0.2, 0.25) is 0 Å². The van der Waals surface area contributed by atoms with E-state index in [9.17, 15) is 34.1 Å². The summed E-state index contributed by atoms with van der Waals surface area (Å²) in [4.78, 5) is 40.9. The highest BCUT2D eigenvalue weighted by molar-refractivity contribution is 7.71. The van der Waals surface area contributed by atoms with Crippen LogP contribution in [0, 0.1) is 4.77 Å². The molecule has 31 heavy (non-hydrogen) atoms. The molecule has 21 heteroatoms. The molecule has 0 spiro atoms. The van der Waals surface area contributed by atoms with E-state index in [-0.39, 0.29) is 5.56 Å². The summed E-state index contributed by atoms with van der Waals surface area (Å²) in [7, 11) is -8.52. The highest BCUT2D eigenvalue weighted by Gasteiger charge is 2.69. The van der Waals surface area contributed by atoms with Crippen molar-refractivity contribution in [3.8, 4) is 0 Å². The van der Waals surface area contributed by atoms with Crippen molar-refractivity contribution in [2.75, 3.05) is 0 Å². The Kier molecular flexibility index (Phi) is 7.09. The van der Waals surface area contributed by atoms with Crippen molar-refractivity contribution in [2.45, 2.75) is 35.7 Å². The van der Waals surface area contributed by atoms with Crippen LogP contribution >= 0.6 is 27.9 Å². The summed E-state index contributed by atoms with van der Waals surface area (Å²) in [5.41, 5.74) is -3.27. The number of aromatic nitrogens is 2. The molecular weight excluding hydrogens is 486 g/mol. The summed E-state index contributed by atoms with van der Waals surface area (Å²) in [6, 6.07) is 0. The minimum atomic E-state index is -5.60. The summed E-state index contributed by atoms with van der Waals surface area (Å²) in [5, 5.41) is 27.5. The standard InChI is InChI=1S/C10H18B3FN2O12P2S/c11-9(16-1-3(2-17)6(20)15-7(16)31)5(19)4(18)8(14,26-9)10(12,13)27-30(24,25)28-29(21,22)23/h1,4-5,17-19H,2,11-13H2,(H,24,25)(H,15,20,31)(H2,21,22,23)/t4-,5+,8-,9-/m0/s1. The van der Waals surface area contributed by atoms with Crippen molar-refractivity contribution in [3.63, 3.8) is 0 Å². The van der Waals surface area contributed by atoms with Gasteiger partial charge < -0.3 is 39.3 Å². The molecule has 1 fully saturated rings. The van der Waals surface area contributed by atoms with Crippen molar-refractivity contribution in [2.24, 2.45) is 0 Å². The van der Waals surface area contributed by atoms with E-state index in [0.29, 0.717) is 0 Å². The summed E-state index contributed by atoms with van der Waals surface area (Å²) in [6.45, 7) is -0.761. The third kappa shape index (κ3) is 4.98. The Morgan fingerprint density at radius 1 is 1.32 bits per heavy atom. The Hall–Kier alpha value is -0.675. The van der Waals surface area contributed by atoms with Crippen LogP contribution in [0.4, 0.5) is 4.39 Å². The van der Waals surface area contributed by atoms with Gasteiger partial charge in [0, 0.05) is 6.20 Å². The number of hydrogen-bond acceptors (Lipinski definition) is 10. The maximum Gasteiger partial charge on any atom is 0.480 e. The maximum atomic E-state index is 15.9. The molecule has 1 aliphatic heterocycles. The van der Waals surface area contributed by atoms with E-state index >= 15 is 4.39 Å². The number of phosphoric acid groups is 2. The van der Waals surface area contributed by atoms with E-state index in [0.717, 1.165) is 34.3 Å². The minimum absolute atomic E-state index is 0.248. The Balaban J connectivity index is 2.53. The van der Waals surface area contributed by atoms with Crippen LogP contribution in [-0.4, -0.2) is 86.6 Å². The zero-order chi connectivity index (χ0) is 24.2. The van der Waals surface area contributed by atoms with Crippen LogP contribution in [0.15, 0.2) is 11.0 Å². The number of aromatic amines is 1. The SMILES string of the molecule is BC(B)(OP(=O)(O)OP(=O)(O)O)[C@@]1(F)O[C@@](B)(n2cc(CO)c(=O)[nH]c2=S)[C@H](O)[C@@H]1O. The number of nitrogens with zero attached hydrogens (tertiary/aromatic N) is 1. The molecule has 14 nitrogen and oxygen atoms in total. The first-order chi connectivity index (χ1) is 13.8. The molecule has 0 radical (unpaired) electrons. The van der Waals surface area contributed by atoms with Crippen LogP contribution in [0.25, 0.3) is 0 Å². The quantitative estimate of drug-likeness (QED) is 0.106. The maximum absolute atomic E-state index is 15.9. The second-order valence-corrected chi connectivity index (χ2v) is 10.4. The lowest BCUT2D eigenvalue weighted by atomic mass is 9.59. The monoisotopic (exact) mass is 504 g/mol. The first-order valence-corrected chi connectivity index (χ1v) is 11.7. The third-order valence-corrected chi connectivity index (χ3v) is 7.28. The normalized spacial score (nSPS) is 31.5. The molecule has 0 aromatic carbocycles. The number of H-pyrrole nitrogens is 1. The number of aliphatic hydroxyl groups is 3. The molecule has 0 aliphatic carbocycles. The van der Waals surface area contributed by atoms with E-state index in [1.807, 2.05) is 0 Å². The van der Waals surface area contributed by atoms with Crippen LogP contribution in [-0.2, 0) is 34.9 Å². The molecule has 0 amide bonds. The largest absolute Gasteiger partial charge is 0.480 e. The molecule has 172 valence electrons. The highest BCUT2D eigenvalue weighted by Crippen LogP contribution is 2.61. The van der Waals surface area contributed by atoms with Gasteiger partial charge in [-0.1, -0.05) is 0 Å². The van der Waals surface area contributed by atoms with Gasteiger partial charge in [-0.25, -0.2) is 13.5 Å². The van der Waals surface area contributed by atoms with Crippen molar-refractivity contribution < 1.29 is 57.1 Å². The molecule has 1 aromatic rings. The van der Waals surface area contributed by atoms with Gasteiger partial charge in [-0.2, -0.15) is 4.31 Å². The zero-order valence-corrected chi connectivity index (χ0v) is 18.8. The van der Waals surface area contributed by atoms with Gasteiger partial charge in [0.25, 0.3) is 11.4 Å². The van der Waals surface area contributed by atoms with Crippen molar-refractivity contribution in [3.05, 3.63) is 26.9 Å². The molecule has 1 saturated heterocycles. The second kappa shape index (κ2) is 8.27. The number of nitrogens with one attached hydrogen (secondary N) is 1. The Morgan fingerprint density at radius 2 is 1.87 bits per heavy atom. The van der Waals surface area contributed by atoms with Crippen LogP contribution < -0.4 is 5.56 Å². The first kappa shape index (κ1) is 26.6. The van der Waals surface area contributed by atoms with Crippen LogP contribution in [0.3, 0.4) is 0 Å². The number of halogens is 1. The lowest BCUT2D eigenvalue weighted by Gasteiger charge is -2.40. The Bertz CT molecular complexity index is 1080.